The average molecular weight is 318 g/mol. The van der Waals surface area contributed by atoms with Crippen LogP contribution in [0, 0.1) is 5.41 Å². The second kappa shape index (κ2) is 7.13. The minimum absolute atomic E-state index is 0.00325. The van der Waals surface area contributed by atoms with Crippen LogP contribution in [0.4, 0.5) is 0 Å². The first-order chi connectivity index (χ1) is 10.9. The SMILES string of the molecule is CCC1(CO)CCN(C(=O)c2ccc(C(=O)N(C)C)cc2)CC1. The van der Waals surface area contributed by atoms with Gasteiger partial charge in [-0.25, -0.2) is 0 Å². The summed E-state index contributed by atoms with van der Waals surface area (Å²) in [4.78, 5) is 27.8. The first kappa shape index (κ1) is 17.5. The lowest BCUT2D eigenvalue weighted by Crippen LogP contribution is -2.44. The van der Waals surface area contributed by atoms with Crippen molar-refractivity contribution in [2.75, 3.05) is 33.8 Å². The van der Waals surface area contributed by atoms with Crippen LogP contribution < -0.4 is 0 Å². The summed E-state index contributed by atoms with van der Waals surface area (Å²) in [6.45, 7) is 3.62. The van der Waals surface area contributed by atoms with Crippen molar-refractivity contribution in [3.63, 3.8) is 0 Å². The van der Waals surface area contributed by atoms with Crippen LogP contribution in [0.3, 0.4) is 0 Å². The third-order valence-corrected chi connectivity index (χ3v) is 4.98. The fourth-order valence-electron chi connectivity index (χ4n) is 3.00. The summed E-state index contributed by atoms with van der Waals surface area (Å²) in [6, 6.07) is 6.83. The van der Waals surface area contributed by atoms with Gasteiger partial charge in [-0.1, -0.05) is 6.92 Å². The third-order valence-electron chi connectivity index (χ3n) is 4.98. The predicted octanol–water partition coefficient (Wildman–Crippen LogP) is 2.01. The van der Waals surface area contributed by atoms with E-state index in [4.69, 9.17) is 0 Å². The van der Waals surface area contributed by atoms with Gasteiger partial charge in [0.2, 0.25) is 0 Å². The molecule has 1 aliphatic rings. The van der Waals surface area contributed by atoms with Gasteiger partial charge in [0, 0.05) is 44.9 Å². The van der Waals surface area contributed by atoms with Crippen LogP contribution in [0.2, 0.25) is 0 Å². The Morgan fingerprint density at radius 1 is 1.13 bits per heavy atom. The van der Waals surface area contributed by atoms with Gasteiger partial charge in [-0.05, 0) is 48.9 Å². The van der Waals surface area contributed by atoms with Crippen molar-refractivity contribution in [3.05, 3.63) is 35.4 Å². The topological polar surface area (TPSA) is 60.9 Å². The molecule has 0 saturated carbocycles. The van der Waals surface area contributed by atoms with Crippen LogP contribution >= 0.6 is 0 Å². The zero-order valence-corrected chi connectivity index (χ0v) is 14.2. The molecule has 0 bridgehead atoms. The maximum absolute atomic E-state index is 12.6. The van der Waals surface area contributed by atoms with Crippen molar-refractivity contribution >= 4 is 11.8 Å². The molecular formula is C18H26N2O3. The van der Waals surface area contributed by atoms with Crippen molar-refractivity contribution in [2.45, 2.75) is 26.2 Å². The normalized spacial score (nSPS) is 17.0. The Morgan fingerprint density at radius 2 is 1.65 bits per heavy atom. The first-order valence-electron chi connectivity index (χ1n) is 8.14. The van der Waals surface area contributed by atoms with E-state index < -0.39 is 0 Å². The van der Waals surface area contributed by atoms with Crippen molar-refractivity contribution in [3.8, 4) is 0 Å². The summed E-state index contributed by atoms with van der Waals surface area (Å²) in [5, 5.41) is 9.57. The first-order valence-corrected chi connectivity index (χ1v) is 8.14. The van der Waals surface area contributed by atoms with Gasteiger partial charge < -0.3 is 14.9 Å². The van der Waals surface area contributed by atoms with Crippen LogP contribution in [-0.4, -0.2) is 60.5 Å². The van der Waals surface area contributed by atoms with Crippen LogP contribution in [0.1, 0.15) is 46.9 Å². The number of carbonyl (C=O) groups is 2. The number of rotatable bonds is 4. The summed E-state index contributed by atoms with van der Waals surface area (Å²) in [5.74, 6) is -0.0749. The van der Waals surface area contributed by atoms with E-state index in [1.54, 1.807) is 38.4 Å². The number of piperidine rings is 1. The second-order valence-electron chi connectivity index (χ2n) is 6.58. The number of hydrogen-bond acceptors (Lipinski definition) is 3. The molecule has 2 rings (SSSR count). The van der Waals surface area contributed by atoms with Crippen molar-refractivity contribution in [1.82, 2.24) is 9.80 Å². The van der Waals surface area contributed by atoms with Crippen molar-refractivity contribution in [2.24, 2.45) is 5.41 Å². The fourth-order valence-corrected chi connectivity index (χ4v) is 3.00. The molecule has 1 saturated heterocycles. The quantitative estimate of drug-likeness (QED) is 0.924. The minimum atomic E-state index is -0.0716. The monoisotopic (exact) mass is 318 g/mol. The zero-order valence-electron chi connectivity index (χ0n) is 14.2. The number of likely N-dealkylation sites (tertiary alicyclic amines) is 1. The number of benzene rings is 1. The Morgan fingerprint density at radius 3 is 2.09 bits per heavy atom. The molecular weight excluding hydrogens is 292 g/mol. The summed E-state index contributed by atoms with van der Waals surface area (Å²) in [7, 11) is 3.41. The molecule has 2 amide bonds. The maximum Gasteiger partial charge on any atom is 0.253 e. The van der Waals surface area contributed by atoms with Gasteiger partial charge in [-0.3, -0.25) is 9.59 Å². The highest BCUT2D eigenvalue weighted by Gasteiger charge is 2.34. The van der Waals surface area contributed by atoms with Crippen LogP contribution in [0.25, 0.3) is 0 Å². The number of amides is 2. The predicted molar refractivity (Wildman–Crippen MR) is 89.4 cm³/mol. The van der Waals surface area contributed by atoms with E-state index in [9.17, 15) is 14.7 Å². The van der Waals surface area contributed by atoms with Gasteiger partial charge in [0.1, 0.15) is 0 Å². The molecule has 0 aliphatic carbocycles. The summed E-state index contributed by atoms with van der Waals surface area (Å²) < 4.78 is 0. The maximum atomic E-state index is 12.6. The molecule has 0 radical (unpaired) electrons. The van der Waals surface area contributed by atoms with Gasteiger partial charge in [-0.15, -0.1) is 0 Å². The van der Waals surface area contributed by atoms with Gasteiger partial charge in [0.25, 0.3) is 11.8 Å². The van der Waals surface area contributed by atoms with E-state index in [0.717, 1.165) is 19.3 Å². The highest BCUT2D eigenvalue weighted by molar-refractivity contribution is 5.97. The lowest BCUT2D eigenvalue weighted by molar-refractivity contribution is 0.0338. The third kappa shape index (κ3) is 3.72. The second-order valence-corrected chi connectivity index (χ2v) is 6.58. The lowest BCUT2D eigenvalue weighted by Gasteiger charge is -2.40. The lowest BCUT2D eigenvalue weighted by atomic mass is 9.77. The van der Waals surface area contributed by atoms with E-state index >= 15 is 0 Å². The molecule has 1 aromatic rings. The van der Waals surface area contributed by atoms with E-state index in [2.05, 4.69) is 6.92 Å². The van der Waals surface area contributed by atoms with Crippen LogP contribution in [-0.2, 0) is 0 Å². The molecule has 1 heterocycles. The van der Waals surface area contributed by atoms with E-state index in [1.165, 1.54) is 4.90 Å². The van der Waals surface area contributed by atoms with E-state index in [0.29, 0.717) is 24.2 Å². The Labute approximate surface area is 137 Å². The standard InChI is InChI=1S/C18H26N2O3/c1-4-18(13-21)9-11-20(12-10-18)17(23)15-7-5-14(6-8-15)16(22)19(2)3/h5-8,21H,4,9-13H2,1-3H3. The molecule has 1 N–H and O–H groups in total. The molecule has 1 aromatic carbocycles. The van der Waals surface area contributed by atoms with Gasteiger partial charge in [0.15, 0.2) is 0 Å². The van der Waals surface area contributed by atoms with Crippen LogP contribution in [0.15, 0.2) is 24.3 Å². The van der Waals surface area contributed by atoms with Gasteiger partial charge in [0.05, 0.1) is 0 Å². The highest BCUT2D eigenvalue weighted by atomic mass is 16.3. The summed E-state index contributed by atoms with van der Waals surface area (Å²) in [6.07, 6.45) is 2.61. The number of nitrogens with zero attached hydrogens (tertiary/aromatic N) is 2. The van der Waals surface area contributed by atoms with Gasteiger partial charge >= 0.3 is 0 Å². The average Bonchev–Trinajstić information content (AvgIpc) is 2.60. The van der Waals surface area contributed by atoms with Gasteiger partial charge in [-0.2, -0.15) is 0 Å². The number of carbonyl (C=O) groups excluding carboxylic acids is 2. The Balaban J connectivity index is 2.03. The molecule has 1 fully saturated rings. The van der Waals surface area contributed by atoms with E-state index in [-0.39, 0.29) is 23.8 Å². The Kier molecular flexibility index (Phi) is 5.42. The number of hydrogen-bond donors (Lipinski definition) is 1. The molecule has 0 aromatic heterocycles. The van der Waals surface area contributed by atoms with Crippen molar-refractivity contribution < 1.29 is 14.7 Å². The fraction of sp³-hybridized carbons (Fsp3) is 0.556. The summed E-state index contributed by atoms with van der Waals surface area (Å²) in [5.41, 5.74) is 1.16. The smallest absolute Gasteiger partial charge is 0.253 e. The zero-order chi connectivity index (χ0) is 17.0. The minimum Gasteiger partial charge on any atom is -0.396 e. The van der Waals surface area contributed by atoms with Crippen LogP contribution in [0.5, 0.6) is 0 Å². The highest BCUT2D eigenvalue weighted by Crippen LogP contribution is 2.34. The molecule has 126 valence electrons. The molecule has 5 nitrogen and oxygen atoms in total. The number of aliphatic hydroxyl groups is 1. The molecule has 0 atom stereocenters. The summed E-state index contributed by atoms with van der Waals surface area (Å²) >= 11 is 0. The molecule has 1 aliphatic heterocycles. The Bertz CT molecular complexity index is 552. The largest absolute Gasteiger partial charge is 0.396 e. The van der Waals surface area contributed by atoms with Crippen molar-refractivity contribution in [1.29, 1.82) is 0 Å². The van der Waals surface area contributed by atoms with E-state index in [1.807, 2.05) is 4.90 Å². The molecule has 0 spiro atoms. The number of aliphatic hydroxyl groups excluding tert-OH is 1. The Hall–Kier alpha value is -1.88. The molecule has 23 heavy (non-hydrogen) atoms. The molecule has 0 unspecified atom stereocenters. The molecule has 5 heteroatoms.